The molecule has 0 aliphatic heterocycles. The summed E-state index contributed by atoms with van der Waals surface area (Å²) >= 11 is 5.99. The van der Waals surface area contributed by atoms with E-state index in [0.29, 0.717) is 18.9 Å². The first kappa shape index (κ1) is 13.5. The van der Waals surface area contributed by atoms with Crippen molar-refractivity contribution in [2.75, 3.05) is 6.54 Å². The van der Waals surface area contributed by atoms with Crippen molar-refractivity contribution in [1.82, 2.24) is 0 Å². The molecule has 1 aromatic carbocycles. The molecule has 2 unspecified atom stereocenters. The molecule has 0 radical (unpaired) electrons. The molecule has 0 bridgehead atoms. The molecule has 0 spiro atoms. The van der Waals surface area contributed by atoms with E-state index in [9.17, 15) is 5.11 Å². The lowest BCUT2D eigenvalue weighted by Crippen LogP contribution is -2.22. The summed E-state index contributed by atoms with van der Waals surface area (Å²) in [4.78, 5) is 0. The maximum atomic E-state index is 9.59. The van der Waals surface area contributed by atoms with Gasteiger partial charge in [-0.25, -0.2) is 0 Å². The molecule has 1 rings (SSSR count). The molecule has 2 nitrogen and oxygen atoms in total. The van der Waals surface area contributed by atoms with E-state index >= 15 is 0 Å². The number of rotatable bonds is 5. The molecule has 0 fully saturated rings. The van der Waals surface area contributed by atoms with E-state index in [-0.39, 0.29) is 0 Å². The molecule has 2 atom stereocenters. The maximum Gasteiger partial charge on any atom is 0.0668 e. The van der Waals surface area contributed by atoms with Gasteiger partial charge in [-0.15, -0.1) is 0 Å². The van der Waals surface area contributed by atoms with Crippen molar-refractivity contribution in [1.29, 1.82) is 0 Å². The Morgan fingerprint density at radius 3 is 2.62 bits per heavy atom. The van der Waals surface area contributed by atoms with Crippen molar-refractivity contribution in [3.63, 3.8) is 0 Å². The molecule has 0 saturated carbocycles. The Morgan fingerprint density at radius 1 is 1.44 bits per heavy atom. The van der Waals surface area contributed by atoms with E-state index in [1.165, 1.54) is 5.56 Å². The number of nitrogens with two attached hydrogens (primary N) is 1. The molecule has 1 aromatic rings. The maximum absolute atomic E-state index is 9.59. The van der Waals surface area contributed by atoms with E-state index in [2.05, 4.69) is 13.0 Å². The largest absolute Gasteiger partial charge is 0.392 e. The molecule has 0 aromatic heterocycles. The zero-order valence-corrected chi connectivity index (χ0v) is 10.7. The first-order valence-corrected chi connectivity index (χ1v) is 6.10. The number of benzene rings is 1. The smallest absolute Gasteiger partial charge is 0.0668 e. The Labute approximate surface area is 102 Å². The van der Waals surface area contributed by atoms with Crippen molar-refractivity contribution in [3.05, 3.63) is 34.3 Å². The molecule has 16 heavy (non-hydrogen) atoms. The van der Waals surface area contributed by atoms with Crippen LogP contribution in [0.2, 0.25) is 5.02 Å². The Morgan fingerprint density at radius 2 is 2.12 bits per heavy atom. The second kappa shape index (κ2) is 6.24. The quantitative estimate of drug-likeness (QED) is 0.833. The van der Waals surface area contributed by atoms with Crippen LogP contribution in [-0.2, 0) is 0 Å². The van der Waals surface area contributed by atoms with E-state index in [1.807, 2.05) is 19.1 Å². The van der Waals surface area contributed by atoms with Crippen molar-refractivity contribution >= 4 is 11.6 Å². The fourth-order valence-corrected chi connectivity index (χ4v) is 2.00. The summed E-state index contributed by atoms with van der Waals surface area (Å²) in [6.45, 7) is 4.44. The van der Waals surface area contributed by atoms with Gasteiger partial charge >= 0.3 is 0 Å². The first-order valence-electron chi connectivity index (χ1n) is 5.72. The van der Waals surface area contributed by atoms with E-state index in [1.54, 1.807) is 0 Å². The van der Waals surface area contributed by atoms with Crippen LogP contribution in [0.5, 0.6) is 0 Å². The van der Waals surface area contributed by atoms with Crippen LogP contribution in [0.25, 0.3) is 0 Å². The van der Waals surface area contributed by atoms with E-state index in [0.717, 1.165) is 17.0 Å². The molecule has 0 aliphatic carbocycles. The fourth-order valence-electron chi connectivity index (χ4n) is 1.88. The lowest BCUT2D eigenvalue weighted by atomic mass is 9.90. The highest BCUT2D eigenvalue weighted by Gasteiger charge is 2.14. The highest BCUT2D eigenvalue weighted by atomic mass is 35.5. The minimum atomic E-state index is -0.416. The monoisotopic (exact) mass is 241 g/mol. The molecule has 0 amide bonds. The normalized spacial score (nSPS) is 14.8. The Hall–Kier alpha value is -0.570. The molecule has 0 heterocycles. The van der Waals surface area contributed by atoms with Crippen molar-refractivity contribution < 1.29 is 5.11 Å². The van der Waals surface area contributed by atoms with Gasteiger partial charge in [0.15, 0.2) is 0 Å². The van der Waals surface area contributed by atoms with Crippen molar-refractivity contribution in [2.45, 2.75) is 38.7 Å². The highest BCUT2D eigenvalue weighted by Crippen LogP contribution is 2.27. The topological polar surface area (TPSA) is 46.2 Å². The van der Waals surface area contributed by atoms with Crippen LogP contribution in [0, 0.1) is 6.92 Å². The average molecular weight is 242 g/mol. The van der Waals surface area contributed by atoms with Crippen LogP contribution < -0.4 is 5.73 Å². The standard InChI is InChI=1S/C13H20ClNO/c1-3-10(7-12(16)8-15)11-4-5-13(14)9(2)6-11/h4-6,10,12,16H,3,7-8,15H2,1-2H3. The second-order valence-corrected chi connectivity index (χ2v) is 4.65. The third-order valence-electron chi connectivity index (χ3n) is 2.97. The summed E-state index contributed by atoms with van der Waals surface area (Å²) in [6, 6.07) is 6.05. The Balaban J connectivity index is 2.82. The third kappa shape index (κ3) is 3.48. The van der Waals surface area contributed by atoms with Crippen LogP contribution in [0.3, 0.4) is 0 Å². The van der Waals surface area contributed by atoms with Gasteiger partial charge in [0.1, 0.15) is 0 Å². The molecular formula is C13H20ClNO. The van der Waals surface area contributed by atoms with Crippen LogP contribution in [0.4, 0.5) is 0 Å². The number of aryl methyl sites for hydroxylation is 1. The van der Waals surface area contributed by atoms with E-state index < -0.39 is 6.10 Å². The number of aliphatic hydroxyl groups excluding tert-OH is 1. The lowest BCUT2D eigenvalue weighted by molar-refractivity contribution is 0.162. The summed E-state index contributed by atoms with van der Waals surface area (Å²) in [5.74, 6) is 0.356. The number of aliphatic hydroxyl groups is 1. The number of halogens is 1. The van der Waals surface area contributed by atoms with Crippen LogP contribution in [-0.4, -0.2) is 17.8 Å². The van der Waals surface area contributed by atoms with Gasteiger partial charge in [0.25, 0.3) is 0 Å². The second-order valence-electron chi connectivity index (χ2n) is 4.24. The summed E-state index contributed by atoms with van der Waals surface area (Å²) < 4.78 is 0. The minimum Gasteiger partial charge on any atom is -0.392 e. The highest BCUT2D eigenvalue weighted by molar-refractivity contribution is 6.31. The molecule has 90 valence electrons. The summed E-state index contributed by atoms with van der Waals surface area (Å²) in [7, 11) is 0. The van der Waals surface area contributed by atoms with Crippen molar-refractivity contribution in [2.24, 2.45) is 5.73 Å². The van der Waals surface area contributed by atoms with Gasteiger partial charge in [0.05, 0.1) is 6.10 Å². The van der Waals surface area contributed by atoms with Gasteiger partial charge in [-0.2, -0.15) is 0 Å². The molecule has 3 heteroatoms. The van der Waals surface area contributed by atoms with Crippen LogP contribution in [0.1, 0.15) is 36.8 Å². The van der Waals surface area contributed by atoms with Gasteiger partial charge in [-0.05, 0) is 42.9 Å². The molecule has 3 N–H and O–H groups in total. The zero-order chi connectivity index (χ0) is 12.1. The molecule has 0 aliphatic rings. The first-order chi connectivity index (χ1) is 7.58. The van der Waals surface area contributed by atoms with Crippen LogP contribution >= 0.6 is 11.6 Å². The van der Waals surface area contributed by atoms with Gasteiger partial charge in [-0.1, -0.05) is 30.7 Å². The van der Waals surface area contributed by atoms with Crippen LogP contribution in [0.15, 0.2) is 18.2 Å². The number of hydrogen-bond acceptors (Lipinski definition) is 2. The average Bonchev–Trinajstić information content (AvgIpc) is 2.29. The van der Waals surface area contributed by atoms with Gasteiger partial charge in [-0.3, -0.25) is 0 Å². The number of hydrogen-bond donors (Lipinski definition) is 2. The van der Waals surface area contributed by atoms with Gasteiger partial charge < -0.3 is 10.8 Å². The Bertz CT molecular complexity index is 341. The summed E-state index contributed by atoms with van der Waals surface area (Å²) in [5, 5.41) is 10.4. The summed E-state index contributed by atoms with van der Waals surface area (Å²) in [5.41, 5.74) is 7.75. The van der Waals surface area contributed by atoms with Crippen molar-refractivity contribution in [3.8, 4) is 0 Å². The van der Waals surface area contributed by atoms with E-state index in [4.69, 9.17) is 17.3 Å². The predicted molar refractivity (Wildman–Crippen MR) is 68.9 cm³/mol. The molecule has 0 saturated heterocycles. The summed E-state index contributed by atoms with van der Waals surface area (Å²) in [6.07, 6.45) is 1.30. The SMILES string of the molecule is CCC(CC(O)CN)c1ccc(Cl)c(C)c1. The fraction of sp³-hybridized carbons (Fsp3) is 0.538. The predicted octanol–water partition coefficient (Wildman–Crippen LogP) is 2.85. The molecular weight excluding hydrogens is 222 g/mol. The minimum absolute atomic E-state index is 0.322. The lowest BCUT2D eigenvalue weighted by Gasteiger charge is -2.19. The van der Waals surface area contributed by atoms with Gasteiger partial charge in [0.2, 0.25) is 0 Å². The third-order valence-corrected chi connectivity index (χ3v) is 3.40. The zero-order valence-electron chi connectivity index (χ0n) is 9.91. The van der Waals surface area contributed by atoms with Gasteiger partial charge in [0, 0.05) is 11.6 Å². The Kier molecular flexibility index (Phi) is 5.26.